The van der Waals surface area contributed by atoms with Crippen molar-refractivity contribution >= 4 is 0 Å². The summed E-state index contributed by atoms with van der Waals surface area (Å²) in [6.07, 6.45) is 0. The van der Waals surface area contributed by atoms with Crippen molar-refractivity contribution in [2.75, 3.05) is 7.11 Å². The van der Waals surface area contributed by atoms with Crippen LogP contribution in [0.5, 0.6) is 0 Å². The largest absolute Gasteiger partial charge is 0.374 e. The second-order valence-electron chi connectivity index (χ2n) is 4.66. The number of hydrogen-bond donors (Lipinski definition) is 0. The standard InChI is InChI=1S/C16H18O/c1-16(2,17-3)15-11-7-10-14(12-15)13-8-5-4-6-9-13/h4-12H,1-3H3. The smallest absolute Gasteiger partial charge is 0.0871 e. The van der Waals surface area contributed by atoms with Gasteiger partial charge in [-0.05, 0) is 36.6 Å². The average molecular weight is 226 g/mol. The molecule has 0 aliphatic heterocycles. The number of hydrogen-bond acceptors (Lipinski definition) is 1. The van der Waals surface area contributed by atoms with Crippen LogP contribution in [-0.2, 0) is 10.3 Å². The number of benzene rings is 2. The Bertz CT molecular complexity index is 486. The van der Waals surface area contributed by atoms with Crippen molar-refractivity contribution < 1.29 is 4.74 Å². The van der Waals surface area contributed by atoms with Crippen molar-refractivity contribution in [3.63, 3.8) is 0 Å². The summed E-state index contributed by atoms with van der Waals surface area (Å²) >= 11 is 0. The van der Waals surface area contributed by atoms with E-state index in [-0.39, 0.29) is 5.60 Å². The molecule has 88 valence electrons. The minimum absolute atomic E-state index is 0.245. The summed E-state index contributed by atoms with van der Waals surface area (Å²) in [7, 11) is 1.75. The van der Waals surface area contributed by atoms with Gasteiger partial charge in [-0.25, -0.2) is 0 Å². The Morgan fingerprint density at radius 2 is 1.47 bits per heavy atom. The molecule has 0 amide bonds. The highest BCUT2D eigenvalue weighted by molar-refractivity contribution is 5.64. The van der Waals surface area contributed by atoms with Gasteiger partial charge in [-0.1, -0.05) is 48.5 Å². The zero-order valence-corrected chi connectivity index (χ0v) is 10.6. The molecule has 0 aromatic heterocycles. The predicted molar refractivity (Wildman–Crippen MR) is 71.9 cm³/mol. The first-order valence-corrected chi connectivity index (χ1v) is 5.84. The maximum absolute atomic E-state index is 5.51. The second kappa shape index (κ2) is 4.72. The van der Waals surface area contributed by atoms with E-state index in [1.807, 2.05) is 6.07 Å². The molecule has 1 heteroatoms. The number of methoxy groups -OCH3 is 1. The van der Waals surface area contributed by atoms with Gasteiger partial charge in [0.25, 0.3) is 0 Å². The summed E-state index contributed by atoms with van der Waals surface area (Å²) in [6, 6.07) is 18.9. The summed E-state index contributed by atoms with van der Waals surface area (Å²) in [5.41, 5.74) is 3.42. The van der Waals surface area contributed by atoms with Gasteiger partial charge in [0.2, 0.25) is 0 Å². The quantitative estimate of drug-likeness (QED) is 0.760. The third-order valence-electron chi connectivity index (χ3n) is 3.18. The topological polar surface area (TPSA) is 9.23 Å². The van der Waals surface area contributed by atoms with Gasteiger partial charge >= 0.3 is 0 Å². The fraction of sp³-hybridized carbons (Fsp3) is 0.250. The van der Waals surface area contributed by atoms with Gasteiger partial charge in [0.1, 0.15) is 0 Å². The summed E-state index contributed by atoms with van der Waals surface area (Å²) in [5.74, 6) is 0. The van der Waals surface area contributed by atoms with Crippen LogP contribution in [0.25, 0.3) is 11.1 Å². The summed E-state index contributed by atoms with van der Waals surface area (Å²) in [5, 5.41) is 0. The third kappa shape index (κ3) is 2.56. The molecule has 0 fully saturated rings. The first kappa shape index (κ1) is 11.9. The van der Waals surface area contributed by atoms with Crippen LogP contribution in [0, 0.1) is 0 Å². The van der Waals surface area contributed by atoms with Gasteiger partial charge < -0.3 is 4.74 Å². The zero-order chi connectivity index (χ0) is 12.3. The maximum atomic E-state index is 5.51. The SMILES string of the molecule is COC(C)(C)c1cccc(-c2ccccc2)c1. The fourth-order valence-corrected chi connectivity index (χ4v) is 1.82. The average Bonchev–Trinajstić information content (AvgIpc) is 2.40. The molecule has 1 nitrogen and oxygen atoms in total. The van der Waals surface area contributed by atoms with Crippen LogP contribution in [0.15, 0.2) is 54.6 Å². The molecule has 2 aromatic carbocycles. The van der Waals surface area contributed by atoms with Crippen molar-refractivity contribution in [3.05, 3.63) is 60.2 Å². The lowest BCUT2D eigenvalue weighted by Crippen LogP contribution is -2.19. The third-order valence-corrected chi connectivity index (χ3v) is 3.18. The Kier molecular flexibility index (Phi) is 3.30. The minimum Gasteiger partial charge on any atom is -0.374 e. The normalized spacial score (nSPS) is 11.5. The highest BCUT2D eigenvalue weighted by Crippen LogP contribution is 2.28. The van der Waals surface area contributed by atoms with Crippen molar-refractivity contribution in [2.24, 2.45) is 0 Å². The molecule has 0 saturated carbocycles. The van der Waals surface area contributed by atoms with E-state index in [4.69, 9.17) is 4.74 Å². The lowest BCUT2D eigenvalue weighted by molar-refractivity contribution is 0.0192. The van der Waals surface area contributed by atoms with E-state index in [0.29, 0.717) is 0 Å². The molecule has 0 bridgehead atoms. The van der Waals surface area contributed by atoms with E-state index < -0.39 is 0 Å². The lowest BCUT2D eigenvalue weighted by Gasteiger charge is -2.24. The zero-order valence-electron chi connectivity index (χ0n) is 10.6. The van der Waals surface area contributed by atoms with E-state index in [1.165, 1.54) is 16.7 Å². The van der Waals surface area contributed by atoms with E-state index in [2.05, 4.69) is 62.4 Å². The van der Waals surface area contributed by atoms with Crippen LogP contribution in [0.1, 0.15) is 19.4 Å². The Morgan fingerprint density at radius 3 is 2.12 bits per heavy atom. The summed E-state index contributed by atoms with van der Waals surface area (Å²) in [6.45, 7) is 4.16. The molecule has 0 saturated heterocycles. The van der Waals surface area contributed by atoms with Crippen LogP contribution in [0.3, 0.4) is 0 Å². The van der Waals surface area contributed by atoms with Gasteiger partial charge in [-0.2, -0.15) is 0 Å². The van der Waals surface area contributed by atoms with Gasteiger partial charge in [-0.3, -0.25) is 0 Å². The molecule has 0 unspecified atom stereocenters. The molecule has 0 heterocycles. The Labute approximate surface area is 103 Å². The lowest BCUT2D eigenvalue weighted by atomic mass is 9.94. The van der Waals surface area contributed by atoms with Crippen LogP contribution in [-0.4, -0.2) is 7.11 Å². The van der Waals surface area contributed by atoms with Gasteiger partial charge in [0.15, 0.2) is 0 Å². The van der Waals surface area contributed by atoms with Crippen molar-refractivity contribution in [2.45, 2.75) is 19.4 Å². The Morgan fingerprint density at radius 1 is 0.824 bits per heavy atom. The monoisotopic (exact) mass is 226 g/mol. The number of ether oxygens (including phenoxy) is 1. The minimum atomic E-state index is -0.245. The highest BCUT2D eigenvalue weighted by atomic mass is 16.5. The number of rotatable bonds is 3. The van der Waals surface area contributed by atoms with E-state index in [0.717, 1.165) is 0 Å². The van der Waals surface area contributed by atoms with Gasteiger partial charge in [0.05, 0.1) is 5.60 Å². The van der Waals surface area contributed by atoms with Gasteiger partial charge in [0, 0.05) is 7.11 Å². The Hall–Kier alpha value is -1.60. The van der Waals surface area contributed by atoms with Crippen LogP contribution in [0.4, 0.5) is 0 Å². The molecule has 0 radical (unpaired) electrons. The fourth-order valence-electron chi connectivity index (χ4n) is 1.82. The van der Waals surface area contributed by atoms with Crippen LogP contribution in [0.2, 0.25) is 0 Å². The molecular weight excluding hydrogens is 208 g/mol. The molecule has 0 spiro atoms. The molecule has 2 rings (SSSR count). The molecular formula is C16H18O. The van der Waals surface area contributed by atoms with Crippen LogP contribution >= 0.6 is 0 Å². The highest BCUT2D eigenvalue weighted by Gasteiger charge is 2.19. The molecule has 0 N–H and O–H groups in total. The molecule has 0 aliphatic carbocycles. The van der Waals surface area contributed by atoms with Crippen molar-refractivity contribution in [3.8, 4) is 11.1 Å². The molecule has 2 aromatic rings. The molecule has 0 aliphatic rings. The van der Waals surface area contributed by atoms with Crippen LogP contribution < -0.4 is 0 Å². The summed E-state index contributed by atoms with van der Waals surface area (Å²) in [4.78, 5) is 0. The maximum Gasteiger partial charge on any atom is 0.0871 e. The van der Waals surface area contributed by atoms with E-state index >= 15 is 0 Å². The Balaban J connectivity index is 2.42. The van der Waals surface area contributed by atoms with Gasteiger partial charge in [-0.15, -0.1) is 0 Å². The molecule has 17 heavy (non-hydrogen) atoms. The predicted octanol–water partition coefficient (Wildman–Crippen LogP) is 4.24. The van der Waals surface area contributed by atoms with Crippen molar-refractivity contribution in [1.29, 1.82) is 0 Å². The first-order valence-electron chi connectivity index (χ1n) is 5.84. The first-order chi connectivity index (χ1) is 8.13. The van der Waals surface area contributed by atoms with E-state index in [1.54, 1.807) is 7.11 Å². The van der Waals surface area contributed by atoms with Crippen molar-refractivity contribution in [1.82, 2.24) is 0 Å². The molecule has 0 atom stereocenters. The summed E-state index contributed by atoms with van der Waals surface area (Å²) < 4.78 is 5.51. The second-order valence-corrected chi connectivity index (χ2v) is 4.66. The van der Waals surface area contributed by atoms with E-state index in [9.17, 15) is 0 Å².